The number of carbonyl (C=O) groups excluding carboxylic acids is 1. The van der Waals surface area contributed by atoms with Gasteiger partial charge < -0.3 is 19.5 Å². The second-order valence-corrected chi connectivity index (χ2v) is 7.46. The van der Waals surface area contributed by atoms with Crippen LogP contribution in [0.25, 0.3) is 0 Å². The van der Waals surface area contributed by atoms with Crippen molar-refractivity contribution in [3.8, 4) is 5.75 Å². The zero-order valence-electron chi connectivity index (χ0n) is 15.3. The highest BCUT2D eigenvalue weighted by atomic mass is 19.1. The highest BCUT2D eigenvalue weighted by molar-refractivity contribution is 5.68. The van der Waals surface area contributed by atoms with Crippen molar-refractivity contribution in [2.75, 3.05) is 26.3 Å². The molecule has 0 bridgehead atoms. The van der Waals surface area contributed by atoms with E-state index >= 15 is 0 Å². The fraction of sp³-hybridized carbons (Fsp3) is 0.632. The third-order valence-corrected chi connectivity index (χ3v) is 4.14. The van der Waals surface area contributed by atoms with Crippen LogP contribution in [0.2, 0.25) is 0 Å². The van der Waals surface area contributed by atoms with Crippen LogP contribution in [0.15, 0.2) is 18.2 Å². The normalized spacial score (nSPS) is 16.0. The largest absolute Gasteiger partial charge is 0.490 e. The van der Waals surface area contributed by atoms with Gasteiger partial charge in [0.15, 0.2) is 11.6 Å². The Morgan fingerprint density at radius 1 is 1.32 bits per heavy atom. The number of rotatable bonds is 5. The maximum atomic E-state index is 14.0. The van der Waals surface area contributed by atoms with Crippen LogP contribution in [-0.2, 0) is 11.2 Å². The molecule has 1 amide bonds. The molecule has 6 heteroatoms. The molecule has 2 rings (SSSR count). The lowest BCUT2D eigenvalue weighted by molar-refractivity contribution is 0.0164. The molecule has 1 aliphatic heterocycles. The van der Waals surface area contributed by atoms with Crippen LogP contribution >= 0.6 is 0 Å². The van der Waals surface area contributed by atoms with E-state index in [1.165, 1.54) is 6.07 Å². The third kappa shape index (κ3) is 6.20. The van der Waals surface area contributed by atoms with Crippen molar-refractivity contribution >= 4 is 6.09 Å². The molecule has 1 heterocycles. The van der Waals surface area contributed by atoms with Crippen LogP contribution in [0.5, 0.6) is 5.75 Å². The number of aliphatic hydroxyl groups excluding tert-OH is 1. The number of nitrogens with zero attached hydrogens (tertiary/aromatic N) is 1. The van der Waals surface area contributed by atoms with Crippen molar-refractivity contribution in [3.05, 3.63) is 29.6 Å². The average Bonchev–Trinajstić information content (AvgIpc) is 2.53. The molecular weight excluding hydrogens is 325 g/mol. The maximum Gasteiger partial charge on any atom is 0.410 e. The standard InChI is InChI=1S/C19H28FNO4/c1-19(2,3)25-18(23)21-9-6-15(7-10-21)13-24-17-5-4-14(8-11-22)12-16(17)20/h4-5,12,15,22H,6-11,13H2,1-3H3. The Morgan fingerprint density at radius 2 is 2.00 bits per heavy atom. The minimum atomic E-state index is -0.489. The van der Waals surface area contributed by atoms with Gasteiger partial charge in [-0.1, -0.05) is 6.07 Å². The number of hydrogen-bond donors (Lipinski definition) is 1. The summed E-state index contributed by atoms with van der Waals surface area (Å²) < 4.78 is 25.0. The summed E-state index contributed by atoms with van der Waals surface area (Å²) in [6.07, 6.45) is 1.77. The summed E-state index contributed by atoms with van der Waals surface area (Å²) in [4.78, 5) is 13.7. The van der Waals surface area contributed by atoms with Gasteiger partial charge >= 0.3 is 6.09 Å². The van der Waals surface area contributed by atoms with E-state index in [4.69, 9.17) is 14.6 Å². The van der Waals surface area contributed by atoms with Crippen molar-refractivity contribution in [1.29, 1.82) is 0 Å². The van der Waals surface area contributed by atoms with Crippen molar-refractivity contribution in [3.63, 3.8) is 0 Å². The molecule has 140 valence electrons. The second-order valence-electron chi connectivity index (χ2n) is 7.46. The monoisotopic (exact) mass is 353 g/mol. The van der Waals surface area contributed by atoms with Crippen molar-refractivity contribution in [2.45, 2.75) is 45.6 Å². The molecule has 5 nitrogen and oxygen atoms in total. The first-order chi connectivity index (χ1) is 11.8. The molecule has 1 fully saturated rings. The lowest BCUT2D eigenvalue weighted by atomic mass is 9.98. The Balaban J connectivity index is 1.78. The Kier molecular flexibility index (Phi) is 6.64. The van der Waals surface area contributed by atoms with E-state index in [2.05, 4.69) is 0 Å². The molecular formula is C19H28FNO4. The summed E-state index contributed by atoms with van der Waals surface area (Å²) in [6.45, 7) is 7.24. The Bertz CT molecular complexity index is 577. The molecule has 0 spiro atoms. The fourth-order valence-electron chi connectivity index (χ4n) is 2.76. The molecule has 0 radical (unpaired) electrons. The first-order valence-corrected chi connectivity index (χ1v) is 8.78. The number of piperidine rings is 1. The molecule has 1 saturated heterocycles. The minimum Gasteiger partial charge on any atom is -0.490 e. The average molecular weight is 353 g/mol. The number of benzene rings is 1. The van der Waals surface area contributed by atoms with Gasteiger partial charge in [-0.3, -0.25) is 0 Å². The van der Waals surface area contributed by atoms with Crippen LogP contribution < -0.4 is 4.74 Å². The van der Waals surface area contributed by atoms with E-state index in [0.29, 0.717) is 26.1 Å². The molecule has 1 N–H and O–H groups in total. The molecule has 0 atom stereocenters. The lowest BCUT2D eigenvalue weighted by Crippen LogP contribution is -2.42. The van der Waals surface area contributed by atoms with Gasteiger partial charge in [0.2, 0.25) is 0 Å². The third-order valence-electron chi connectivity index (χ3n) is 4.14. The van der Waals surface area contributed by atoms with Gasteiger partial charge in [-0.2, -0.15) is 0 Å². The summed E-state index contributed by atoms with van der Waals surface area (Å²) >= 11 is 0. The van der Waals surface area contributed by atoms with Crippen LogP contribution in [0.3, 0.4) is 0 Å². The maximum absolute atomic E-state index is 14.0. The molecule has 0 unspecified atom stereocenters. The topological polar surface area (TPSA) is 59.0 Å². The number of carbonyl (C=O) groups is 1. The van der Waals surface area contributed by atoms with E-state index in [-0.39, 0.29) is 24.4 Å². The van der Waals surface area contributed by atoms with Gasteiger partial charge in [0.25, 0.3) is 0 Å². The molecule has 1 aliphatic rings. The van der Waals surface area contributed by atoms with E-state index in [9.17, 15) is 9.18 Å². The predicted molar refractivity (Wildman–Crippen MR) is 93.2 cm³/mol. The highest BCUT2D eigenvalue weighted by Gasteiger charge is 2.27. The van der Waals surface area contributed by atoms with Crippen molar-refractivity contribution in [1.82, 2.24) is 4.90 Å². The van der Waals surface area contributed by atoms with Crippen LogP contribution in [-0.4, -0.2) is 48.0 Å². The zero-order chi connectivity index (χ0) is 18.4. The minimum absolute atomic E-state index is 0.00410. The van der Waals surface area contributed by atoms with Gasteiger partial charge in [-0.05, 0) is 63.6 Å². The smallest absolute Gasteiger partial charge is 0.410 e. The number of ether oxygens (including phenoxy) is 2. The summed E-state index contributed by atoms with van der Waals surface area (Å²) in [5, 5.41) is 8.89. The first-order valence-electron chi connectivity index (χ1n) is 8.78. The number of aliphatic hydroxyl groups is 1. The summed E-state index contributed by atoms with van der Waals surface area (Å²) in [6, 6.07) is 4.77. The van der Waals surface area contributed by atoms with Crippen molar-refractivity contribution in [2.24, 2.45) is 5.92 Å². The molecule has 25 heavy (non-hydrogen) atoms. The molecule has 0 aliphatic carbocycles. The highest BCUT2D eigenvalue weighted by Crippen LogP contribution is 2.23. The molecule has 0 aromatic heterocycles. The fourth-order valence-corrected chi connectivity index (χ4v) is 2.76. The number of hydrogen-bond acceptors (Lipinski definition) is 4. The quantitative estimate of drug-likeness (QED) is 0.882. The summed E-state index contributed by atoms with van der Waals surface area (Å²) in [5.74, 6) is 0.114. The van der Waals surface area contributed by atoms with E-state index in [1.807, 2.05) is 20.8 Å². The second kappa shape index (κ2) is 8.52. The Labute approximate surface area is 148 Å². The van der Waals surface area contributed by atoms with Gasteiger partial charge in [0, 0.05) is 19.7 Å². The predicted octanol–water partition coefficient (Wildman–Crippen LogP) is 3.39. The molecule has 0 saturated carbocycles. The Hall–Kier alpha value is -1.82. The van der Waals surface area contributed by atoms with Gasteiger partial charge in [-0.15, -0.1) is 0 Å². The molecule has 1 aromatic carbocycles. The number of halogens is 1. The van der Waals surface area contributed by atoms with E-state index in [0.717, 1.165) is 18.4 Å². The number of likely N-dealkylation sites (tertiary alicyclic amines) is 1. The Morgan fingerprint density at radius 3 is 2.56 bits per heavy atom. The lowest BCUT2D eigenvalue weighted by Gasteiger charge is -2.33. The van der Waals surface area contributed by atoms with Crippen LogP contribution in [0, 0.1) is 11.7 Å². The van der Waals surface area contributed by atoms with Gasteiger partial charge in [0.05, 0.1) is 6.61 Å². The molecule has 1 aromatic rings. The van der Waals surface area contributed by atoms with Gasteiger partial charge in [0.1, 0.15) is 5.60 Å². The summed E-state index contributed by atoms with van der Waals surface area (Å²) in [5.41, 5.74) is 0.259. The van der Waals surface area contributed by atoms with Crippen LogP contribution in [0.1, 0.15) is 39.2 Å². The van der Waals surface area contributed by atoms with E-state index < -0.39 is 11.4 Å². The zero-order valence-corrected chi connectivity index (χ0v) is 15.3. The van der Waals surface area contributed by atoms with Gasteiger partial charge in [-0.25, -0.2) is 9.18 Å². The van der Waals surface area contributed by atoms with Crippen molar-refractivity contribution < 1.29 is 23.8 Å². The van der Waals surface area contributed by atoms with Crippen LogP contribution in [0.4, 0.5) is 9.18 Å². The van der Waals surface area contributed by atoms with E-state index in [1.54, 1.807) is 17.0 Å². The SMILES string of the molecule is CC(C)(C)OC(=O)N1CCC(COc2ccc(CCO)cc2F)CC1. The number of amides is 1. The first kappa shape index (κ1) is 19.5. The summed E-state index contributed by atoms with van der Waals surface area (Å²) in [7, 11) is 0.